The van der Waals surface area contributed by atoms with E-state index in [1.807, 2.05) is 31.2 Å². The lowest BCUT2D eigenvalue weighted by Gasteiger charge is -2.07. The second-order valence-corrected chi connectivity index (χ2v) is 6.94. The average molecular weight is 408 g/mol. The lowest BCUT2D eigenvalue weighted by Crippen LogP contribution is -2.32. The predicted octanol–water partition coefficient (Wildman–Crippen LogP) is 3.09. The van der Waals surface area contributed by atoms with Crippen LogP contribution in [0, 0.1) is 18.6 Å². The van der Waals surface area contributed by atoms with E-state index in [0.29, 0.717) is 16.9 Å². The van der Waals surface area contributed by atoms with Crippen molar-refractivity contribution in [2.24, 2.45) is 0 Å². The van der Waals surface area contributed by atoms with Gasteiger partial charge in [0.05, 0.1) is 11.2 Å². The fraction of sp³-hybridized carbons (Fsp3) is 0.136. The Balaban J connectivity index is 1.63. The van der Waals surface area contributed by atoms with Gasteiger partial charge >= 0.3 is 5.69 Å². The zero-order valence-corrected chi connectivity index (χ0v) is 16.1. The number of aryl methyl sites for hydroxylation is 1. The number of nitrogens with one attached hydrogen (secondary N) is 1. The zero-order valence-electron chi connectivity index (χ0n) is 16.1. The SMILES string of the molecule is Cc1ccc(-n2c(=O)n(CC(=O)NCc3cc(F)cc(F)c3)c3cccnc32)cc1. The van der Waals surface area contributed by atoms with Crippen molar-refractivity contribution in [2.75, 3.05) is 0 Å². The van der Waals surface area contributed by atoms with Gasteiger partial charge in [0, 0.05) is 18.8 Å². The molecule has 4 aromatic rings. The third-order valence-corrected chi connectivity index (χ3v) is 4.70. The second kappa shape index (κ2) is 7.90. The van der Waals surface area contributed by atoms with Crippen LogP contribution < -0.4 is 11.0 Å². The van der Waals surface area contributed by atoms with E-state index < -0.39 is 23.2 Å². The first kappa shape index (κ1) is 19.5. The van der Waals surface area contributed by atoms with E-state index in [1.54, 1.807) is 18.3 Å². The number of hydrogen-bond donors (Lipinski definition) is 1. The normalized spacial score (nSPS) is 11.0. The number of nitrogens with zero attached hydrogens (tertiary/aromatic N) is 3. The molecule has 0 bridgehead atoms. The Hall–Kier alpha value is -3.81. The molecule has 0 radical (unpaired) electrons. The van der Waals surface area contributed by atoms with Gasteiger partial charge < -0.3 is 5.32 Å². The summed E-state index contributed by atoms with van der Waals surface area (Å²) in [5.41, 5.74) is 2.53. The summed E-state index contributed by atoms with van der Waals surface area (Å²) in [4.78, 5) is 29.8. The Morgan fingerprint density at radius 3 is 2.47 bits per heavy atom. The second-order valence-electron chi connectivity index (χ2n) is 6.94. The molecule has 0 atom stereocenters. The van der Waals surface area contributed by atoms with Crippen LogP contribution in [0.1, 0.15) is 11.1 Å². The highest BCUT2D eigenvalue weighted by Crippen LogP contribution is 2.16. The molecular formula is C22H18F2N4O2. The number of benzene rings is 2. The van der Waals surface area contributed by atoms with Gasteiger partial charge in [-0.3, -0.25) is 9.36 Å². The summed E-state index contributed by atoms with van der Waals surface area (Å²) in [6.07, 6.45) is 1.58. The minimum Gasteiger partial charge on any atom is -0.350 e. The molecule has 0 fully saturated rings. The highest BCUT2D eigenvalue weighted by molar-refractivity contribution is 5.80. The number of rotatable bonds is 5. The summed E-state index contributed by atoms with van der Waals surface area (Å²) in [7, 11) is 0. The number of aromatic nitrogens is 3. The number of amides is 1. The Morgan fingerprint density at radius 2 is 1.77 bits per heavy atom. The summed E-state index contributed by atoms with van der Waals surface area (Å²) in [5, 5.41) is 2.59. The standard InChI is InChI=1S/C22H18F2N4O2/c1-14-4-6-18(7-5-14)28-21-19(3-2-8-25-21)27(22(28)30)13-20(29)26-12-15-9-16(23)11-17(24)10-15/h2-11H,12-13H2,1H3,(H,26,29). The van der Waals surface area contributed by atoms with Crippen LogP contribution >= 0.6 is 0 Å². The Morgan fingerprint density at radius 1 is 1.07 bits per heavy atom. The van der Waals surface area contributed by atoms with E-state index in [9.17, 15) is 18.4 Å². The zero-order chi connectivity index (χ0) is 21.3. The molecule has 1 amide bonds. The molecule has 152 valence electrons. The van der Waals surface area contributed by atoms with Gasteiger partial charge in [-0.25, -0.2) is 23.1 Å². The summed E-state index contributed by atoms with van der Waals surface area (Å²) >= 11 is 0. The summed E-state index contributed by atoms with van der Waals surface area (Å²) in [6, 6.07) is 13.8. The van der Waals surface area contributed by atoms with E-state index in [2.05, 4.69) is 10.3 Å². The van der Waals surface area contributed by atoms with Crippen molar-refractivity contribution >= 4 is 17.1 Å². The smallest absolute Gasteiger partial charge is 0.335 e. The number of imidazole rings is 1. The highest BCUT2D eigenvalue weighted by atomic mass is 19.1. The third-order valence-electron chi connectivity index (χ3n) is 4.70. The molecule has 0 aliphatic heterocycles. The lowest BCUT2D eigenvalue weighted by molar-refractivity contribution is -0.121. The van der Waals surface area contributed by atoms with E-state index in [1.165, 1.54) is 9.13 Å². The molecule has 6 nitrogen and oxygen atoms in total. The molecule has 2 heterocycles. The fourth-order valence-corrected chi connectivity index (χ4v) is 3.28. The van der Waals surface area contributed by atoms with E-state index in [-0.39, 0.29) is 18.7 Å². The molecule has 4 rings (SSSR count). The molecule has 2 aromatic heterocycles. The number of carbonyl (C=O) groups excluding carboxylic acids is 1. The number of fused-ring (bicyclic) bond motifs is 1. The number of halogens is 2. The minimum atomic E-state index is -0.720. The topological polar surface area (TPSA) is 68.9 Å². The van der Waals surface area contributed by atoms with Gasteiger partial charge in [-0.15, -0.1) is 0 Å². The maximum atomic E-state index is 13.3. The molecule has 8 heteroatoms. The van der Waals surface area contributed by atoms with E-state index >= 15 is 0 Å². The van der Waals surface area contributed by atoms with Crippen molar-refractivity contribution in [3.63, 3.8) is 0 Å². The molecule has 0 saturated carbocycles. The Bertz CT molecular complexity index is 1270. The van der Waals surface area contributed by atoms with Gasteiger partial charge in [-0.05, 0) is 48.9 Å². The van der Waals surface area contributed by atoms with Gasteiger partial charge in [0.1, 0.15) is 18.2 Å². The van der Waals surface area contributed by atoms with Crippen molar-refractivity contribution < 1.29 is 13.6 Å². The van der Waals surface area contributed by atoms with Crippen LogP contribution in [0.15, 0.2) is 65.6 Å². The van der Waals surface area contributed by atoms with Gasteiger partial charge in [0.2, 0.25) is 5.91 Å². The van der Waals surface area contributed by atoms with Crippen molar-refractivity contribution in [1.82, 2.24) is 19.4 Å². The molecular weight excluding hydrogens is 390 g/mol. The van der Waals surface area contributed by atoms with Crippen LogP contribution in [0.3, 0.4) is 0 Å². The van der Waals surface area contributed by atoms with Gasteiger partial charge in [0.25, 0.3) is 0 Å². The van der Waals surface area contributed by atoms with Gasteiger partial charge in [0.15, 0.2) is 5.65 Å². The molecule has 0 spiro atoms. The molecule has 0 aliphatic carbocycles. The minimum absolute atomic E-state index is 0.0584. The van der Waals surface area contributed by atoms with E-state index in [0.717, 1.165) is 23.8 Å². The van der Waals surface area contributed by atoms with Crippen molar-refractivity contribution in [2.45, 2.75) is 20.0 Å². The first-order chi connectivity index (χ1) is 14.4. The Kier molecular flexibility index (Phi) is 5.14. The van der Waals surface area contributed by atoms with Crippen molar-refractivity contribution in [3.8, 4) is 5.69 Å². The van der Waals surface area contributed by atoms with Crippen LogP contribution in [0.25, 0.3) is 16.9 Å². The quantitative estimate of drug-likeness (QED) is 0.552. The van der Waals surface area contributed by atoms with Crippen LogP contribution in [0.2, 0.25) is 0 Å². The van der Waals surface area contributed by atoms with Gasteiger partial charge in [-0.2, -0.15) is 0 Å². The number of hydrogen-bond acceptors (Lipinski definition) is 3. The average Bonchev–Trinajstić information content (AvgIpc) is 2.98. The first-order valence-electron chi connectivity index (χ1n) is 9.27. The third kappa shape index (κ3) is 3.84. The molecule has 30 heavy (non-hydrogen) atoms. The van der Waals surface area contributed by atoms with Crippen LogP contribution in [0.5, 0.6) is 0 Å². The molecule has 0 aliphatic rings. The van der Waals surface area contributed by atoms with Gasteiger partial charge in [-0.1, -0.05) is 17.7 Å². The van der Waals surface area contributed by atoms with E-state index in [4.69, 9.17) is 0 Å². The maximum absolute atomic E-state index is 13.3. The fourth-order valence-electron chi connectivity index (χ4n) is 3.28. The monoisotopic (exact) mass is 408 g/mol. The molecule has 1 N–H and O–H groups in total. The van der Waals surface area contributed by atoms with Crippen LogP contribution in [-0.4, -0.2) is 20.0 Å². The molecule has 0 saturated heterocycles. The predicted molar refractivity (Wildman–Crippen MR) is 108 cm³/mol. The lowest BCUT2D eigenvalue weighted by atomic mass is 10.2. The number of carbonyl (C=O) groups is 1. The van der Waals surface area contributed by atoms with Crippen LogP contribution in [-0.2, 0) is 17.9 Å². The van der Waals surface area contributed by atoms with Crippen molar-refractivity contribution in [3.05, 3.63) is 94.0 Å². The largest absolute Gasteiger partial charge is 0.350 e. The molecule has 0 unspecified atom stereocenters. The summed E-state index contributed by atoms with van der Waals surface area (Å²) in [5.74, 6) is -1.90. The number of pyridine rings is 1. The highest BCUT2D eigenvalue weighted by Gasteiger charge is 2.17. The summed E-state index contributed by atoms with van der Waals surface area (Å²) < 4.78 is 29.4. The molecule has 2 aromatic carbocycles. The summed E-state index contributed by atoms with van der Waals surface area (Å²) in [6.45, 7) is 1.64. The Labute approximate surface area is 170 Å². The van der Waals surface area contributed by atoms with Crippen LogP contribution in [0.4, 0.5) is 8.78 Å². The maximum Gasteiger partial charge on any atom is 0.335 e. The first-order valence-corrected chi connectivity index (χ1v) is 9.27. The van der Waals surface area contributed by atoms with Crippen molar-refractivity contribution in [1.29, 1.82) is 0 Å².